The lowest BCUT2D eigenvalue weighted by atomic mass is 10.0. The van der Waals surface area contributed by atoms with E-state index in [0.717, 1.165) is 5.56 Å². The van der Waals surface area contributed by atoms with Gasteiger partial charge in [0.2, 0.25) is 21.8 Å². The van der Waals surface area contributed by atoms with Gasteiger partial charge in [0, 0.05) is 55.2 Å². The van der Waals surface area contributed by atoms with Crippen molar-refractivity contribution in [3.63, 3.8) is 0 Å². The lowest BCUT2D eigenvalue weighted by Gasteiger charge is -2.36. The van der Waals surface area contributed by atoms with Crippen molar-refractivity contribution >= 4 is 44.3 Å². The number of rotatable bonds is 7. The molecule has 1 unspecified atom stereocenters. The molecule has 0 spiro atoms. The Bertz CT molecular complexity index is 1300. The quantitative estimate of drug-likeness (QED) is 0.518. The summed E-state index contributed by atoms with van der Waals surface area (Å²) in [6.07, 6.45) is 2.36. The van der Waals surface area contributed by atoms with E-state index in [4.69, 9.17) is 11.6 Å². The third kappa shape index (κ3) is 5.27. The number of halogens is 1. The van der Waals surface area contributed by atoms with E-state index >= 15 is 0 Å². The molecule has 1 aromatic heterocycles. The third-order valence-electron chi connectivity index (χ3n) is 6.14. The Morgan fingerprint density at radius 1 is 1.03 bits per heavy atom. The molecule has 10 heteroatoms. The number of sulfonamides is 1. The predicted molar refractivity (Wildman–Crippen MR) is 131 cm³/mol. The van der Waals surface area contributed by atoms with E-state index in [1.54, 1.807) is 40.3 Å². The summed E-state index contributed by atoms with van der Waals surface area (Å²) in [5.74, 6) is -0.345. The number of hydrogen-bond donors (Lipinski definition) is 2. The van der Waals surface area contributed by atoms with Crippen LogP contribution in [0.4, 0.5) is 0 Å². The monoisotopic (exact) mass is 502 g/mol. The minimum Gasteiger partial charge on any atom is -0.361 e. The van der Waals surface area contributed by atoms with Crippen molar-refractivity contribution in [2.24, 2.45) is 0 Å². The molecule has 1 saturated heterocycles. The second kappa shape index (κ2) is 10.2. The fourth-order valence-corrected chi connectivity index (χ4v) is 5.91. The van der Waals surface area contributed by atoms with Gasteiger partial charge in [-0.1, -0.05) is 35.9 Å². The number of aromatic amines is 1. The Hall–Kier alpha value is -2.88. The van der Waals surface area contributed by atoms with Gasteiger partial charge in [-0.25, -0.2) is 8.42 Å². The van der Waals surface area contributed by atoms with Gasteiger partial charge in [0.25, 0.3) is 0 Å². The second-order valence-corrected chi connectivity index (χ2v) is 10.4. The minimum atomic E-state index is -3.99. The molecule has 2 amide bonds. The number of hydrogen-bond acceptors (Lipinski definition) is 4. The average molecular weight is 503 g/mol. The van der Waals surface area contributed by atoms with Crippen molar-refractivity contribution < 1.29 is 18.0 Å². The molecule has 0 aliphatic carbocycles. The molecule has 1 atom stereocenters. The lowest BCUT2D eigenvalue weighted by Crippen LogP contribution is -2.55. The van der Waals surface area contributed by atoms with Crippen LogP contribution in [0.3, 0.4) is 0 Å². The highest BCUT2D eigenvalue weighted by Gasteiger charge is 2.32. The molecule has 1 fully saturated rings. The number of aromatic nitrogens is 1. The Labute approximate surface area is 203 Å². The van der Waals surface area contributed by atoms with Gasteiger partial charge in [0.05, 0.1) is 4.90 Å². The maximum absolute atomic E-state index is 13.5. The largest absolute Gasteiger partial charge is 0.361 e. The maximum atomic E-state index is 13.5. The maximum Gasteiger partial charge on any atom is 0.241 e. The summed E-state index contributed by atoms with van der Waals surface area (Å²) in [5, 5.41) is 1.13. The van der Waals surface area contributed by atoms with Crippen LogP contribution in [0.25, 0.3) is 10.9 Å². The molecule has 2 N–H and O–H groups in total. The van der Waals surface area contributed by atoms with Crippen molar-refractivity contribution in [2.45, 2.75) is 30.7 Å². The molecular formula is C24H27ClN4O4S. The van der Waals surface area contributed by atoms with Crippen LogP contribution in [0.15, 0.2) is 59.6 Å². The van der Waals surface area contributed by atoms with Crippen molar-refractivity contribution in [1.29, 1.82) is 0 Å². The van der Waals surface area contributed by atoms with E-state index in [0.29, 0.717) is 48.5 Å². The number of nitrogens with one attached hydrogen (secondary N) is 2. The minimum absolute atomic E-state index is 0.0392. The van der Waals surface area contributed by atoms with E-state index in [9.17, 15) is 18.0 Å². The van der Waals surface area contributed by atoms with Gasteiger partial charge in [-0.2, -0.15) is 4.72 Å². The molecule has 2 aromatic carbocycles. The van der Waals surface area contributed by atoms with Crippen LogP contribution in [-0.2, 0) is 26.0 Å². The van der Waals surface area contributed by atoms with Crippen molar-refractivity contribution in [3.05, 3.63) is 65.3 Å². The molecule has 1 aliphatic rings. The summed E-state index contributed by atoms with van der Waals surface area (Å²) in [6.45, 7) is 3.06. The molecule has 1 aliphatic heterocycles. The van der Waals surface area contributed by atoms with Gasteiger partial charge in [-0.05, 0) is 42.7 Å². The SMILES string of the molecule is CC(=O)N1CCN(C(=O)C(CCc2ccccc2Cl)NS(=O)(=O)c2cccc3[nH]ccc23)CC1. The van der Waals surface area contributed by atoms with Gasteiger partial charge in [0.1, 0.15) is 6.04 Å². The Kier molecular flexibility index (Phi) is 7.25. The highest BCUT2D eigenvalue weighted by molar-refractivity contribution is 7.89. The first kappa shape index (κ1) is 24.3. The van der Waals surface area contributed by atoms with Crippen LogP contribution in [0.2, 0.25) is 5.02 Å². The van der Waals surface area contributed by atoms with Crippen molar-refractivity contribution in [3.8, 4) is 0 Å². The summed E-state index contributed by atoms with van der Waals surface area (Å²) >= 11 is 6.29. The number of H-pyrrole nitrogens is 1. The van der Waals surface area contributed by atoms with E-state index in [1.807, 2.05) is 18.2 Å². The zero-order chi connectivity index (χ0) is 24.3. The fraction of sp³-hybridized carbons (Fsp3) is 0.333. The molecule has 0 radical (unpaired) electrons. The second-order valence-electron chi connectivity index (χ2n) is 8.33. The molecule has 8 nitrogen and oxygen atoms in total. The van der Waals surface area contributed by atoms with E-state index in [1.165, 1.54) is 13.0 Å². The Morgan fingerprint density at radius 2 is 1.74 bits per heavy atom. The molecular weight excluding hydrogens is 476 g/mol. The van der Waals surface area contributed by atoms with Gasteiger partial charge < -0.3 is 14.8 Å². The number of amides is 2. The number of nitrogens with zero attached hydrogens (tertiary/aromatic N) is 2. The standard InChI is InChI=1S/C24H27ClN4O4S/c1-17(30)28-13-15-29(16-14-28)24(31)22(10-9-18-5-2-3-6-20(18)25)27-34(32,33)23-8-4-7-21-19(23)11-12-26-21/h2-8,11-12,22,26-27H,9-10,13-16H2,1H3. The first-order valence-corrected chi connectivity index (χ1v) is 13.0. The topological polar surface area (TPSA) is 103 Å². The molecule has 3 aromatic rings. The Balaban J connectivity index is 1.58. The summed E-state index contributed by atoms with van der Waals surface area (Å²) in [5.41, 5.74) is 1.54. The van der Waals surface area contributed by atoms with Gasteiger partial charge >= 0.3 is 0 Å². The predicted octanol–water partition coefficient (Wildman–Crippen LogP) is 2.79. The normalized spacial score (nSPS) is 15.5. The van der Waals surface area contributed by atoms with Crippen LogP contribution in [-0.4, -0.2) is 67.2 Å². The molecule has 2 heterocycles. The highest BCUT2D eigenvalue weighted by atomic mass is 35.5. The van der Waals surface area contributed by atoms with Crippen LogP contribution in [0.1, 0.15) is 18.9 Å². The van der Waals surface area contributed by atoms with Crippen molar-refractivity contribution in [1.82, 2.24) is 19.5 Å². The van der Waals surface area contributed by atoms with E-state index in [2.05, 4.69) is 9.71 Å². The molecule has 0 saturated carbocycles. The van der Waals surface area contributed by atoms with E-state index < -0.39 is 16.1 Å². The number of carbonyl (C=O) groups is 2. The van der Waals surface area contributed by atoms with Crippen LogP contribution in [0.5, 0.6) is 0 Å². The zero-order valence-electron chi connectivity index (χ0n) is 18.8. The summed E-state index contributed by atoms with van der Waals surface area (Å²) in [6, 6.07) is 13.0. The number of fused-ring (bicyclic) bond motifs is 1. The molecule has 180 valence electrons. The molecule has 4 rings (SSSR count). The zero-order valence-corrected chi connectivity index (χ0v) is 20.4. The first-order valence-electron chi connectivity index (χ1n) is 11.1. The van der Waals surface area contributed by atoms with Gasteiger partial charge in [-0.3, -0.25) is 9.59 Å². The van der Waals surface area contributed by atoms with Crippen LogP contribution >= 0.6 is 11.6 Å². The fourth-order valence-electron chi connectivity index (χ4n) is 4.24. The van der Waals surface area contributed by atoms with Gasteiger partial charge in [-0.15, -0.1) is 0 Å². The van der Waals surface area contributed by atoms with Crippen molar-refractivity contribution in [2.75, 3.05) is 26.2 Å². The number of benzene rings is 2. The first-order chi connectivity index (χ1) is 16.3. The third-order valence-corrected chi connectivity index (χ3v) is 8.04. The number of piperazine rings is 1. The van der Waals surface area contributed by atoms with Crippen LogP contribution < -0.4 is 4.72 Å². The smallest absolute Gasteiger partial charge is 0.241 e. The average Bonchev–Trinajstić information content (AvgIpc) is 3.31. The van der Waals surface area contributed by atoms with E-state index in [-0.39, 0.29) is 23.1 Å². The number of carbonyl (C=O) groups excluding carboxylic acids is 2. The summed E-state index contributed by atoms with van der Waals surface area (Å²) in [7, 11) is -3.99. The van der Waals surface area contributed by atoms with Crippen LogP contribution in [0, 0.1) is 0 Å². The van der Waals surface area contributed by atoms with Gasteiger partial charge in [0.15, 0.2) is 0 Å². The Morgan fingerprint density at radius 3 is 2.44 bits per heavy atom. The lowest BCUT2D eigenvalue weighted by molar-refractivity contribution is -0.139. The molecule has 0 bridgehead atoms. The number of aryl methyl sites for hydroxylation is 1. The summed E-state index contributed by atoms with van der Waals surface area (Å²) in [4.78, 5) is 31.5. The summed E-state index contributed by atoms with van der Waals surface area (Å²) < 4.78 is 29.4. The highest BCUT2D eigenvalue weighted by Crippen LogP contribution is 2.23. The molecule has 34 heavy (non-hydrogen) atoms.